The summed E-state index contributed by atoms with van der Waals surface area (Å²) in [4.78, 5) is 19.9. The molecular weight excluding hydrogens is 342 g/mol. The standard InChI is InChI=1S/C21H27N3O3/c1-13(2)27-20-16(22-21(25)15-7-5-4-6-8-15)11-12-17-18(20)19(14-9-10-14)23-24(17)26-3/h4-8,13-14,16,20H,9-12H2,1-3H3,(H,22,25). The van der Waals surface area contributed by atoms with Crippen molar-refractivity contribution in [2.75, 3.05) is 7.11 Å². The Morgan fingerprint density at radius 1 is 1.22 bits per heavy atom. The van der Waals surface area contributed by atoms with E-state index in [0.29, 0.717) is 11.5 Å². The smallest absolute Gasteiger partial charge is 0.251 e. The average Bonchev–Trinajstić information content (AvgIpc) is 3.44. The molecule has 6 heteroatoms. The summed E-state index contributed by atoms with van der Waals surface area (Å²) in [5.41, 5.74) is 3.95. The number of carbonyl (C=O) groups excluding carboxylic acids is 1. The van der Waals surface area contributed by atoms with E-state index in [2.05, 4.69) is 5.32 Å². The van der Waals surface area contributed by atoms with Crippen molar-refractivity contribution in [2.45, 2.75) is 63.7 Å². The van der Waals surface area contributed by atoms with Crippen LogP contribution in [0.5, 0.6) is 0 Å². The van der Waals surface area contributed by atoms with Crippen molar-refractivity contribution in [3.05, 3.63) is 52.8 Å². The Morgan fingerprint density at radius 3 is 2.59 bits per heavy atom. The highest BCUT2D eigenvalue weighted by molar-refractivity contribution is 5.94. The molecule has 1 aromatic carbocycles. The van der Waals surface area contributed by atoms with Crippen molar-refractivity contribution < 1.29 is 14.4 Å². The van der Waals surface area contributed by atoms with Crippen molar-refractivity contribution in [2.24, 2.45) is 0 Å². The second kappa shape index (κ2) is 7.35. The highest BCUT2D eigenvalue weighted by Gasteiger charge is 2.41. The Bertz CT molecular complexity index is 812. The molecular formula is C21H27N3O3. The molecule has 27 heavy (non-hydrogen) atoms. The first-order valence-corrected chi connectivity index (χ1v) is 9.76. The van der Waals surface area contributed by atoms with Crippen LogP contribution in [0, 0.1) is 0 Å². The molecule has 1 fully saturated rings. The van der Waals surface area contributed by atoms with Crippen molar-refractivity contribution >= 4 is 5.91 Å². The van der Waals surface area contributed by atoms with Gasteiger partial charge in [0.15, 0.2) is 0 Å². The molecule has 4 rings (SSSR count). The van der Waals surface area contributed by atoms with Gasteiger partial charge >= 0.3 is 0 Å². The Morgan fingerprint density at radius 2 is 1.96 bits per heavy atom. The molecule has 0 saturated heterocycles. The number of ether oxygens (including phenoxy) is 1. The van der Waals surface area contributed by atoms with Crippen LogP contribution in [0.2, 0.25) is 0 Å². The number of nitrogens with one attached hydrogen (secondary N) is 1. The third kappa shape index (κ3) is 3.58. The van der Waals surface area contributed by atoms with Crippen LogP contribution in [0.25, 0.3) is 0 Å². The lowest BCUT2D eigenvalue weighted by Gasteiger charge is -2.34. The van der Waals surface area contributed by atoms with E-state index < -0.39 is 0 Å². The number of hydrogen-bond donors (Lipinski definition) is 1. The van der Waals surface area contributed by atoms with Crippen LogP contribution in [-0.2, 0) is 11.2 Å². The number of aromatic nitrogens is 2. The van der Waals surface area contributed by atoms with Gasteiger partial charge in [-0.3, -0.25) is 4.79 Å². The van der Waals surface area contributed by atoms with Gasteiger partial charge in [0.25, 0.3) is 5.91 Å². The molecule has 2 unspecified atom stereocenters. The van der Waals surface area contributed by atoms with Crippen molar-refractivity contribution in [3.8, 4) is 0 Å². The van der Waals surface area contributed by atoms with Crippen LogP contribution < -0.4 is 10.2 Å². The molecule has 0 spiro atoms. The number of hydrogen-bond acceptors (Lipinski definition) is 4. The van der Waals surface area contributed by atoms with Gasteiger partial charge in [0, 0.05) is 17.0 Å². The summed E-state index contributed by atoms with van der Waals surface area (Å²) in [6, 6.07) is 9.25. The molecule has 2 aliphatic carbocycles. The van der Waals surface area contributed by atoms with Crippen LogP contribution >= 0.6 is 0 Å². The van der Waals surface area contributed by atoms with Gasteiger partial charge in [-0.05, 0) is 51.7 Å². The van der Waals surface area contributed by atoms with E-state index in [1.165, 1.54) is 0 Å². The second-order valence-corrected chi connectivity index (χ2v) is 7.67. The Labute approximate surface area is 159 Å². The summed E-state index contributed by atoms with van der Waals surface area (Å²) in [5.74, 6) is 0.422. The fourth-order valence-corrected chi connectivity index (χ4v) is 3.90. The molecule has 0 aliphatic heterocycles. The zero-order chi connectivity index (χ0) is 19.0. The largest absolute Gasteiger partial charge is 0.400 e. The van der Waals surface area contributed by atoms with Gasteiger partial charge in [0.1, 0.15) is 13.2 Å². The second-order valence-electron chi connectivity index (χ2n) is 7.67. The average molecular weight is 369 g/mol. The van der Waals surface area contributed by atoms with E-state index in [9.17, 15) is 4.79 Å². The number of rotatable bonds is 6. The molecule has 2 aromatic rings. The molecule has 2 atom stereocenters. The topological polar surface area (TPSA) is 65.4 Å². The lowest BCUT2D eigenvalue weighted by atomic mass is 9.87. The van der Waals surface area contributed by atoms with Crippen LogP contribution in [0.4, 0.5) is 0 Å². The first kappa shape index (κ1) is 18.0. The van der Waals surface area contributed by atoms with E-state index in [1.807, 2.05) is 44.2 Å². The van der Waals surface area contributed by atoms with Crippen LogP contribution in [0.15, 0.2) is 30.3 Å². The van der Waals surface area contributed by atoms with E-state index in [4.69, 9.17) is 14.7 Å². The van der Waals surface area contributed by atoms with Gasteiger partial charge in [-0.2, -0.15) is 0 Å². The Balaban J connectivity index is 1.66. The molecule has 144 valence electrons. The minimum atomic E-state index is -0.207. The lowest BCUT2D eigenvalue weighted by molar-refractivity contribution is -0.0225. The van der Waals surface area contributed by atoms with Gasteiger partial charge in [-0.25, -0.2) is 0 Å². The maximum absolute atomic E-state index is 12.7. The molecule has 1 amide bonds. The molecule has 1 saturated carbocycles. The van der Waals surface area contributed by atoms with Crippen LogP contribution in [0.1, 0.15) is 72.4 Å². The quantitative estimate of drug-likeness (QED) is 0.850. The molecule has 0 radical (unpaired) electrons. The predicted octanol–water partition coefficient (Wildman–Crippen LogP) is 3.03. The maximum atomic E-state index is 12.7. The van der Waals surface area contributed by atoms with Gasteiger partial charge in [-0.15, -0.1) is 9.94 Å². The van der Waals surface area contributed by atoms with Crippen LogP contribution in [0.3, 0.4) is 0 Å². The van der Waals surface area contributed by atoms with E-state index in [0.717, 1.165) is 42.6 Å². The van der Waals surface area contributed by atoms with Gasteiger partial charge in [0.2, 0.25) is 0 Å². The van der Waals surface area contributed by atoms with Crippen LogP contribution in [-0.4, -0.2) is 35.1 Å². The summed E-state index contributed by atoms with van der Waals surface area (Å²) in [6.45, 7) is 4.06. The van der Waals surface area contributed by atoms with Gasteiger partial charge < -0.3 is 14.9 Å². The van der Waals surface area contributed by atoms with Crippen molar-refractivity contribution in [1.29, 1.82) is 0 Å². The zero-order valence-electron chi connectivity index (χ0n) is 16.1. The number of benzene rings is 1. The minimum absolute atomic E-state index is 0.0509. The number of amides is 1. The van der Waals surface area contributed by atoms with Crippen molar-refractivity contribution in [1.82, 2.24) is 15.3 Å². The third-order valence-corrected chi connectivity index (χ3v) is 5.27. The third-order valence-electron chi connectivity index (χ3n) is 5.27. The summed E-state index contributed by atoms with van der Waals surface area (Å²) in [7, 11) is 1.64. The summed E-state index contributed by atoms with van der Waals surface area (Å²) >= 11 is 0. The van der Waals surface area contributed by atoms with E-state index in [1.54, 1.807) is 12.0 Å². The normalized spacial score (nSPS) is 21.8. The first-order valence-electron chi connectivity index (χ1n) is 9.76. The SMILES string of the molecule is COn1nc(C2CC2)c2c1CCC(NC(=O)c1ccccc1)C2OC(C)C. The fraction of sp³-hybridized carbons (Fsp3) is 0.524. The number of carbonyl (C=O) groups is 1. The molecule has 0 bridgehead atoms. The molecule has 1 heterocycles. The highest BCUT2D eigenvalue weighted by Crippen LogP contribution is 2.46. The van der Waals surface area contributed by atoms with Gasteiger partial charge in [0.05, 0.1) is 23.5 Å². The minimum Gasteiger partial charge on any atom is -0.400 e. The molecule has 2 aliphatic rings. The zero-order valence-corrected chi connectivity index (χ0v) is 16.1. The lowest BCUT2D eigenvalue weighted by Crippen LogP contribution is -2.44. The van der Waals surface area contributed by atoms with E-state index in [-0.39, 0.29) is 24.2 Å². The first-order chi connectivity index (χ1) is 13.1. The Hall–Kier alpha value is -2.34. The van der Waals surface area contributed by atoms with Gasteiger partial charge in [-0.1, -0.05) is 18.2 Å². The summed E-state index contributed by atoms with van der Waals surface area (Å²) in [6.07, 6.45) is 3.75. The number of nitrogens with zero attached hydrogens (tertiary/aromatic N) is 2. The summed E-state index contributed by atoms with van der Waals surface area (Å²) in [5, 5.41) is 7.91. The Kier molecular flexibility index (Phi) is 4.91. The maximum Gasteiger partial charge on any atom is 0.251 e. The molecule has 6 nitrogen and oxygen atoms in total. The predicted molar refractivity (Wildman–Crippen MR) is 102 cm³/mol. The number of fused-ring (bicyclic) bond motifs is 1. The molecule has 1 N–H and O–H groups in total. The van der Waals surface area contributed by atoms with E-state index >= 15 is 0 Å². The summed E-state index contributed by atoms with van der Waals surface area (Å²) < 4.78 is 6.32. The molecule has 1 aromatic heterocycles. The highest BCUT2D eigenvalue weighted by atomic mass is 16.7. The monoisotopic (exact) mass is 369 g/mol. The van der Waals surface area contributed by atoms with Crippen molar-refractivity contribution in [3.63, 3.8) is 0 Å². The fourth-order valence-electron chi connectivity index (χ4n) is 3.90.